The second-order valence-electron chi connectivity index (χ2n) is 12.5. The van der Waals surface area contributed by atoms with Gasteiger partial charge in [0, 0.05) is 30.5 Å². The van der Waals surface area contributed by atoms with E-state index in [9.17, 15) is 28.8 Å². The first-order valence-corrected chi connectivity index (χ1v) is 15.0. The van der Waals surface area contributed by atoms with Gasteiger partial charge in [0.15, 0.2) is 5.78 Å². The maximum Gasteiger partial charge on any atom is 0.408 e. The Hall–Kier alpha value is -4.22. The van der Waals surface area contributed by atoms with Gasteiger partial charge in [-0.2, -0.15) is 0 Å². The molecule has 2 rings (SSSR count). The molecule has 0 aliphatic carbocycles. The van der Waals surface area contributed by atoms with Crippen LogP contribution in [0.1, 0.15) is 66.4 Å². The number of benzene rings is 1. The lowest BCUT2D eigenvalue weighted by atomic mass is 9.95. The van der Waals surface area contributed by atoms with Crippen LogP contribution in [0.25, 0.3) is 0 Å². The number of carbonyl (C=O) groups is 6. The molecule has 0 bridgehead atoms. The number of hydrogen-bond acceptors (Lipinski definition) is 7. The number of rotatable bonds is 15. The van der Waals surface area contributed by atoms with E-state index >= 15 is 0 Å². The molecule has 4 atom stereocenters. The van der Waals surface area contributed by atoms with E-state index in [0.717, 1.165) is 5.56 Å². The van der Waals surface area contributed by atoms with Gasteiger partial charge in [0.1, 0.15) is 18.7 Å². The van der Waals surface area contributed by atoms with Gasteiger partial charge in [0.2, 0.25) is 23.6 Å². The zero-order valence-corrected chi connectivity index (χ0v) is 26.5. The predicted octanol–water partition coefficient (Wildman–Crippen LogP) is 2.13. The van der Waals surface area contributed by atoms with Crippen LogP contribution >= 0.6 is 0 Å². The Morgan fingerprint density at radius 2 is 1.66 bits per heavy atom. The Kier molecular flexibility index (Phi) is 14.0. The van der Waals surface area contributed by atoms with Crippen molar-refractivity contribution in [2.45, 2.75) is 85.5 Å². The lowest BCUT2D eigenvalue weighted by Gasteiger charge is -2.27. The maximum absolute atomic E-state index is 13.5. The monoisotopic (exact) mass is 613 g/mol. The van der Waals surface area contributed by atoms with Gasteiger partial charge in [-0.25, -0.2) is 4.79 Å². The van der Waals surface area contributed by atoms with E-state index in [-0.39, 0.29) is 49.0 Å². The Balaban J connectivity index is 2.19. The van der Waals surface area contributed by atoms with Gasteiger partial charge in [-0.15, -0.1) is 0 Å². The van der Waals surface area contributed by atoms with Crippen LogP contribution in [0, 0.1) is 17.3 Å². The molecule has 5 N–H and O–H groups in total. The number of allylic oxidation sites excluding steroid dienone is 1. The summed E-state index contributed by atoms with van der Waals surface area (Å²) in [5.41, 5.74) is 0.00915. The second-order valence-corrected chi connectivity index (χ2v) is 12.5. The molecule has 12 heteroatoms. The van der Waals surface area contributed by atoms with Crippen LogP contribution in [0.15, 0.2) is 42.5 Å². The minimum Gasteiger partial charge on any atom is -0.445 e. The number of hydrogen-bond donors (Lipinski definition) is 5. The molecule has 0 saturated carbocycles. The van der Waals surface area contributed by atoms with Crippen molar-refractivity contribution in [3.63, 3.8) is 0 Å². The van der Waals surface area contributed by atoms with Crippen LogP contribution in [-0.4, -0.2) is 66.7 Å². The summed E-state index contributed by atoms with van der Waals surface area (Å²) in [4.78, 5) is 76.0. The summed E-state index contributed by atoms with van der Waals surface area (Å²) >= 11 is 0. The lowest BCUT2D eigenvalue weighted by Crippen LogP contribution is -2.58. The number of carbonyl (C=O) groups excluding carboxylic acids is 6. The van der Waals surface area contributed by atoms with E-state index in [1.54, 1.807) is 51.1 Å². The van der Waals surface area contributed by atoms with Crippen LogP contribution < -0.4 is 26.6 Å². The van der Waals surface area contributed by atoms with Gasteiger partial charge in [-0.05, 0) is 43.7 Å². The molecule has 5 amide bonds. The fraction of sp³-hybridized carbons (Fsp3) is 0.562. The zero-order valence-electron chi connectivity index (χ0n) is 26.5. The summed E-state index contributed by atoms with van der Waals surface area (Å²) in [5, 5.41) is 13.5. The van der Waals surface area contributed by atoms with Crippen molar-refractivity contribution in [1.29, 1.82) is 0 Å². The second kappa shape index (κ2) is 17.2. The Labute approximate surface area is 259 Å². The molecule has 0 aromatic heterocycles. The zero-order chi connectivity index (χ0) is 32.9. The molecule has 1 aromatic carbocycles. The van der Waals surface area contributed by atoms with Crippen LogP contribution in [0.3, 0.4) is 0 Å². The van der Waals surface area contributed by atoms with Gasteiger partial charge in [0.25, 0.3) is 0 Å². The summed E-state index contributed by atoms with van der Waals surface area (Å²) in [5.74, 6) is -2.18. The van der Waals surface area contributed by atoms with Crippen molar-refractivity contribution < 1.29 is 33.5 Å². The number of alkyl carbamates (subject to hydrolysis) is 1. The predicted molar refractivity (Wildman–Crippen MR) is 165 cm³/mol. The molecule has 1 aliphatic rings. The topological polar surface area (TPSA) is 172 Å². The fourth-order valence-electron chi connectivity index (χ4n) is 4.45. The summed E-state index contributed by atoms with van der Waals surface area (Å²) in [6.45, 7) is 10.6. The molecule has 1 fully saturated rings. The lowest BCUT2D eigenvalue weighted by molar-refractivity contribution is -0.131. The van der Waals surface area contributed by atoms with Crippen molar-refractivity contribution in [2.24, 2.45) is 17.3 Å². The van der Waals surface area contributed by atoms with Crippen molar-refractivity contribution >= 4 is 35.5 Å². The molecule has 44 heavy (non-hydrogen) atoms. The first-order chi connectivity index (χ1) is 20.6. The van der Waals surface area contributed by atoms with Gasteiger partial charge in [0.05, 0.1) is 0 Å². The van der Waals surface area contributed by atoms with E-state index in [1.165, 1.54) is 13.0 Å². The van der Waals surface area contributed by atoms with Crippen molar-refractivity contribution in [1.82, 2.24) is 26.6 Å². The average molecular weight is 614 g/mol. The van der Waals surface area contributed by atoms with Gasteiger partial charge < -0.3 is 31.3 Å². The van der Waals surface area contributed by atoms with Crippen LogP contribution in [0.2, 0.25) is 0 Å². The minimum absolute atomic E-state index is 0.000659. The molecule has 1 aromatic rings. The molecular formula is C32H47N5O7. The molecule has 1 heterocycles. The largest absolute Gasteiger partial charge is 0.445 e. The fourth-order valence-corrected chi connectivity index (χ4v) is 4.45. The highest BCUT2D eigenvalue weighted by molar-refractivity contribution is 5.92. The molecule has 0 spiro atoms. The van der Waals surface area contributed by atoms with Crippen LogP contribution in [0.4, 0.5) is 4.79 Å². The molecule has 1 saturated heterocycles. The minimum atomic E-state index is -1.25. The van der Waals surface area contributed by atoms with E-state index in [4.69, 9.17) is 4.74 Å². The third-order valence-electron chi connectivity index (χ3n) is 6.90. The molecule has 1 aliphatic heterocycles. The average Bonchev–Trinajstić information content (AvgIpc) is 3.35. The summed E-state index contributed by atoms with van der Waals surface area (Å²) < 4.78 is 5.28. The molecular weight excluding hydrogens is 566 g/mol. The summed E-state index contributed by atoms with van der Waals surface area (Å²) in [6.07, 6.45) is 3.19. The molecule has 12 nitrogen and oxygen atoms in total. The highest BCUT2D eigenvalue weighted by Gasteiger charge is 2.32. The number of ether oxygens (including phenoxy) is 1. The molecule has 242 valence electrons. The van der Waals surface area contributed by atoms with E-state index in [1.807, 2.05) is 19.9 Å². The van der Waals surface area contributed by atoms with Crippen molar-refractivity contribution in [3.8, 4) is 0 Å². The Morgan fingerprint density at radius 3 is 2.23 bits per heavy atom. The highest BCUT2D eigenvalue weighted by atomic mass is 16.5. The first-order valence-electron chi connectivity index (χ1n) is 15.0. The van der Waals surface area contributed by atoms with Crippen LogP contribution in [-0.2, 0) is 35.3 Å². The first kappa shape index (κ1) is 36.0. The maximum atomic E-state index is 13.5. The quantitative estimate of drug-likeness (QED) is 0.189. The number of ketones is 1. The normalized spacial score (nSPS) is 16.9. The third-order valence-corrected chi connectivity index (χ3v) is 6.90. The summed E-state index contributed by atoms with van der Waals surface area (Å²) in [7, 11) is 0. The Morgan fingerprint density at radius 1 is 1.00 bits per heavy atom. The smallest absolute Gasteiger partial charge is 0.408 e. The SMILES string of the molecule is CC(=O)/C=C/[C@H](C[C@@H]1CCNC1=O)NC(=O)[C@H](CC(C)C)NC(=O)[C@H](CNC(=O)C(C)(C)C)NC(=O)OCc1ccccc1. The highest BCUT2D eigenvalue weighted by Crippen LogP contribution is 2.18. The van der Waals surface area contributed by atoms with Gasteiger partial charge >= 0.3 is 6.09 Å². The molecule has 0 unspecified atom stereocenters. The third kappa shape index (κ3) is 13.0. The number of amides is 5. The van der Waals surface area contributed by atoms with Crippen LogP contribution in [0.5, 0.6) is 0 Å². The van der Waals surface area contributed by atoms with E-state index < -0.39 is 41.4 Å². The van der Waals surface area contributed by atoms with E-state index in [2.05, 4.69) is 26.6 Å². The molecule has 0 radical (unpaired) electrons. The number of nitrogens with one attached hydrogen (secondary N) is 5. The van der Waals surface area contributed by atoms with Crippen molar-refractivity contribution in [3.05, 3.63) is 48.0 Å². The van der Waals surface area contributed by atoms with Crippen molar-refractivity contribution in [2.75, 3.05) is 13.1 Å². The van der Waals surface area contributed by atoms with Gasteiger partial charge in [-0.1, -0.05) is 71.0 Å². The van der Waals surface area contributed by atoms with E-state index in [0.29, 0.717) is 19.4 Å². The van der Waals surface area contributed by atoms with Gasteiger partial charge in [-0.3, -0.25) is 24.0 Å². The standard InChI is InChI=1S/C32H47N5O7/c1-20(2)16-25(28(40)35-24(13-12-21(3)38)17-23-14-15-33-27(23)39)36-29(41)26(18-34-30(42)32(4,5)6)37-31(43)44-19-22-10-8-7-9-11-22/h7-13,20,23-26H,14-19H2,1-6H3,(H,33,39)(H,34,42)(H,35,40)(H,36,41)(H,37,43)/b13-12+/t23-,24+,25-,26-/m0/s1. The summed E-state index contributed by atoms with van der Waals surface area (Å²) in [6, 6.07) is 6.13. The Bertz CT molecular complexity index is 1190.